The van der Waals surface area contributed by atoms with Crippen molar-refractivity contribution in [1.29, 1.82) is 0 Å². The highest BCUT2D eigenvalue weighted by Gasteiger charge is 2.31. The van der Waals surface area contributed by atoms with Crippen molar-refractivity contribution in [3.05, 3.63) is 46.4 Å². The second kappa shape index (κ2) is 8.53. The van der Waals surface area contributed by atoms with Crippen LogP contribution in [0.15, 0.2) is 18.2 Å². The predicted octanol–water partition coefficient (Wildman–Crippen LogP) is 2.37. The third kappa shape index (κ3) is 3.94. The molecule has 8 nitrogen and oxygen atoms in total. The van der Waals surface area contributed by atoms with Gasteiger partial charge >= 0.3 is 0 Å². The van der Waals surface area contributed by atoms with Crippen LogP contribution < -0.4 is 10.1 Å². The van der Waals surface area contributed by atoms with E-state index < -0.39 is 0 Å². The van der Waals surface area contributed by atoms with Crippen LogP contribution in [0.3, 0.4) is 0 Å². The Morgan fingerprint density at radius 2 is 2.00 bits per heavy atom. The Bertz CT molecular complexity index is 1010. The molecule has 2 aliphatic heterocycles. The molecule has 2 aliphatic rings. The highest BCUT2D eigenvalue weighted by molar-refractivity contribution is 5.97. The summed E-state index contributed by atoms with van der Waals surface area (Å²) in [6, 6.07) is 5.62. The van der Waals surface area contributed by atoms with Crippen molar-refractivity contribution < 1.29 is 14.3 Å². The van der Waals surface area contributed by atoms with Crippen LogP contribution in [0.25, 0.3) is 0 Å². The Hall–Kier alpha value is -3.16. The van der Waals surface area contributed by atoms with Crippen molar-refractivity contribution in [3.8, 4) is 5.75 Å². The summed E-state index contributed by atoms with van der Waals surface area (Å²) < 4.78 is 5.49. The van der Waals surface area contributed by atoms with Gasteiger partial charge in [-0.1, -0.05) is 12.1 Å². The number of anilines is 1. The van der Waals surface area contributed by atoms with E-state index in [9.17, 15) is 9.59 Å². The summed E-state index contributed by atoms with van der Waals surface area (Å²) in [5.41, 5.74) is 3.45. The lowest BCUT2D eigenvalue weighted by Gasteiger charge is -2.30. The lowest BCUT2D eigenvalue weighted by molar-refractivity contribution is -0.127. The Morgan fingerprint density at radius 1 is 1.19 bits per heavy atom. The van der Waals surface area contributed by atoms with Crippen LogP contribution in [-0.4, -0.2) is 65.4 Å². The molecule has 164 valence electrons. The highest BCUT2D eigenvalue weighted by atomic mass is 16.5. The van der Waals surface area contributed by atoms with Gasteiger partial charge in [0, 0.05) is 51.5 Å². The van der Waals surface area contributed by atoms with Crippen molar-refractivity contribution in [2.75, 3.05) is 39.1 Å². The molecule has 1 saturated heterocycles. The van der Waals surface area contributed by atoms with Crippen molar-refractivity contribution >= 4 is 17.6 Å². The van der Waals surface area contributed by atoms with Gasteiger partial charge in [-0.3, -0.25) is 9.59 Å². The minimum Gasteiger partial charge on any atom is -0.496 e. The zero-order valence-corrected chi connectivity index (χ0v) is 18.6. The molecule has 4 rings (SSSR count). The number of para-hydroxylation sites is 1. The molecular weight excluding hydrogens is 394 g/mol. The number of aryl methyl sites for hydroxylation is 1. The maximum atomic E-state index is 13.3. The first-order chi connectivity index (χ1) is 14.9. The first-order valence-corrected chi connectivity index (χ1v) is 10.7. The Morgan fingerprint density at radius 3 is 2.68 bits per heavy atom. The second-order valence-corrected chi connectivity index (χ2v) is 8.19. The van der Waals surface area contributed by atoms with Crippen molar-refractivity contribution in [1.82, 2.24) is 19.8 Å². The quantitative estimate of drug-likeness (QED) is 0.812. The maximum Gasteiger partial charge on any atom is 0.257 e. The highest BCUT2D eigenvalue weighted by Crippen LogP contribution is 2.31. The van der Waals surface area contributed by atoms with Gasteiger partial charge in [0.25, 0.3) is 5.91 Å². The van der Waals surface area contributed by atoms with Gasteiger partial charge in [0.1, 0.15) is 17.4 Å². The van der Waals surface area contributed by atoms with Gasteiger partial charge < -0.3 is 19.9 Å². The Kier molecular flexibility index (Phi) is 5.80. The van der Waals surface area contributed by atoms with E-state index in [0.717, 1.165) is 41.4 Å². The van der Waals surface area contributed by atoms with E-state index in [1.165, 1.54) is 0 Å². The average molecular weight is 424 g/mol. The van der Waals surface area contributed by atoms with Crippen molar-refractivity contribution in [2.24, 2.45) is 0 Å². The van der Waals surface area contributed by atoms with E-state index in [-0.39, 0.29) is 17.7 Å². The summed E-state index contributed by atoms with van der Waals surface area (Å²) in [7, 11) is 3.43. The molecule has 31 heavy (non-hydrogen) atoms. The molecule has 2 amide bonds. The number of benzene rings is 1. The van der Waals surface area contributed by atoms with Gasteiger partial charge in [-0.25, -0.2) is 9.97 Å². The summed E-state index contributed by atoms with van der Waals surface area (Å²) in [4.78, 5) is 38.3. The van der Waals surface area contributed by atoms with E-state index in [1.54, 1.807) is 14.0 Å². The number of amides is 2. The monoisotopic (exact) mass is 423 g/mol. The molecule has 1 unspecified atom stereocenters. The molecule has 0 bridgehead atoms. The number of carbonyl (C=O) groups excluding carboxylic acids is 2. The fourth-order valence-corrected chi connectivity index (χ4v) is 4.52. The molecule has 0 saturated carbocycles. The topological polar surface area (TPSA) is 87.7 Å². The first kappa shape index (κ1) is 21.1. The van der Waals surface area contributed by atoms with Gasteiger partial charge in [-0.15, -0.1) is 0 Å². The summed E-state index contributed by atoms with van der Waals surface area (Å²) in [5.74, 6) is 2.36. The predicted molar refractivity (Wildman–Crippen MR) is 117 cm³/mol. The zero-order valence-electron chi connectivity index (χ0n) is 18.6. The Labute approximate surface area is 182 Å². The summed E-state index contributed by atoms with van der Waals surface area (Å²) in [6.45, 7) is 5.99. The lowest BCUT2D eigenvalue weighted by atomic mass is 10.0. The maximum absolute atomic E-state index is 13.3. The van der Waals surface area contributed by atoms with Crippen LogP contribution in [0, 0.1) is 6.92 Å². The third-order valence-electron chi connectivity index (χ3n) is 6.25. The van der Waals surface area contributed by atoms with Crippen LogP contribution in [0.2, 0.25) is 0 Å². The standard InChI is InChI=1S/C23H29N5O3/c1-14-6-5-7-17(20(14)31-4)23(30)28-11-9-19-18(13-28)22(24-3)26-21(25-19)16-8-10-27(12-16)15(2)29/h5-7,16H,8-13H2,1-4H3,(H,24,25,26). The summed E-state index contributed by atoms with van der Waals surface area (Å²) in [5, 5.41) is 3.19. The normalized spacial score (nSPS) is 18.0. The second-order valence-electron chi connectivity index (χ2n) is 8.19. The number of carbonyl (C=O) groups is 2. The van der Waals surface area contributed by atoms with E-state index in [4.69, 9.17) is 14.7 Å². The van der Waals surface area contributed by atoms with Crippen molar-refractivity contribution in [2.45, 2.75) is 39.2 Å². The number of nitrogens with zero attached hydrogens (tertiary/aromatic N) is 4. The van der Waals surface area contributed by atoms with Gasteiger partial charge in [0.2, 0.25) is 5.91 Å². The molecule has 0 spiro atoms. The van der Waals surface area contributed by atoms with E-state index in [1.807, 2.05) is 42.0 Å². The molecule has 3 heterocycles. The fraction of sp³-hybridized carbons (Fsp3) is 0.478. The minimum absolute atomic E-state index is 0.0507. The third-order valence-corrected chi connectivity index (χ3v) is 6.25. The molecule has 1 aromatic heterocycles. The molecule has 0 radical (unpaired) electrons. The SMILES string of the molecule is CNc1nc(C2CCN(C(C)=O)C2)nc2c1CN(C(=O)c1cccc(C)c1OC)CC2. The van der Waals surface area contributed by atoms with Crippen molar-refractivity contribution in [3.63, 3.8) is 0 Å². The largest absolute Gasteiger partial charge is 0.496 e. The lowest BCUT2D eigenvalue weighted by Crippen LogP contribution is -2.37. The van der Waals surface area contributed by atoms with E-state index in [2.05, 4.69) is 5.32 Å². The molecule has 1 atom stereocenters. The van der Waals surface area contributed by atoms with E-state index >= 15 is 0 Å². The molecule has 1 N–H and O–H groups in total. The molecular formula is C23H29N5O3. The number of rotatable bonds is 4. The van der Waals surface area contributed by atoms with Crippen LogP contribution in [0.4, 0.5) is 5.82 Å². The smallest absolute Gasteiger partial charge is 0.257 e. The summed E-state index contributed by atoms with van der Waals surface area (Å²) >= 11 is 0. The Balaban J connectivity index is 1.59. The van der Waals surface area contributed by atoms with Gasteiger partial charge in [-0.05, 0) is 25.0 Å². The average Bonchev–Trinajstić information content (AvgIpc) is 3.28. The number of methoxy groups -OCH3 is 1. The van der Waals surface area contributed by atoms with Crippen LogP contribution >= 0.6 is 0 Å². The number of fused-ring (bicyclic) bond motifs is 1. The number of ether oxygens (including phenoxy) is 1. The van der Waals surface area contributed by atoms with E-state index in [0.29, 0.717) is 37.4 Å². The molecule has 1 aromatic carbocycles. The van der Waals surface area contributed by atoms with Gasteiger partial charge in [-0.2, -0.15) is 0 Å². The number of likely N-dealkylation sites (tertiary alicyclic amines) is 1. The molecule has 8 heteroatoms. The van der Waals surface area contributed by atoms with Crippen LogP contribution in [-0.2, 0) is 17.8 Å². The first-order valence-electron chi connectivity index (χ1n) is 10.7. The zero-order chi connectivity index (χ0) is 22.1. The number of hydrogen-bond donors (Lipinski definition) is 1. The number of hydrogen-bond acceptors (Lipinski definition) is 6. The number of nitrogens with one attached hydrogen (secondary N) is 1. The van der Waals surface area contributed by atoms with Gasteiger partial charge in [0.15, 0.2) is 0 Å². The minimum atomic E-state index is -0.0507. The number of aromatic nitrogens is 2. The van der Waals surface area contributed by atoms with Crippen LogP contribution in [0.5, 0.6) is 5.75 Å². The molecule has 0 aliphatic carbocycles. The van der Waals surface area contributed by atoms with Crippen LogP contribution in [0.1, 0.15) is 52.3 Å². The summed E-state index contributed by atoms with van der Waals surface area (Å²) in [6.07, 6.45) is 1.54. The fourth-order valence-electron chi connectivity index (χ4n) is 4.52. The molecule has 2 aromatic rings. The molecule has 1 fully saturated rings. The van der Waals surface area contributed by atoms with Gasteiger partial charge in [0.05, 0.1) is 24.9 Å².